The van der Waals surface area contributed by atoms with Crippen LogP contribution in [0.4, 0.5) is 0 Å². The van der Waals surface area contributed by atoms with Crippen LogP contribution in [0.15, 0.2) is 17.4 Å². The summed E-state index contributed by atoms with van der Waals surface area (Å²) < 4.78 is 24.5. The standard InChI is InChI=1S/C10H17N3O3S/c1-8-5-4-6-13(17(3,15)16)10(8)12-9(2)11-7-14/h7-8H,2,4-6H2,1,3H3,(H,11,14). The van der Waals surface area contributed by atoms with Crippen LogP contribution in [0.25, 0.3) is 0 Å². The van der Waals surface area contributed by atoms with Gasteiger partial charge >= 0.3 is 0 Å². The van der Waals surface area contributed by atoms with Crippen LogP contribution in [0, 0.1) is 5.92 Å². The maximum atomic E-state index is 11.6. The number of piperidine rings is 1. The van der Waals surface area contributed by atoms with Crippen LogP contribution in [0.3, 0.4) is 0 Å². The molecule has 0 aromatic heterocycles. The maximum Gasteiger partial charge on any atom is 0.233 e. The molecule has 7 heteroatoms. The van der Waals surface area contributed by atoms with Gasteiger partial charge in [0.1, 0.15) is 11.7 Å². The number of amides is 1. The second-order valence-corrected chi connectivity index (χ2v) is 5.96. The van der Waals surface area contributed by atoms with Crippen molar-refractivity contribution < 1.29 is 13.2 Å². The Morgan fingerprint density at radius 1 is 1.65 bits per heavy atom. The summed E-state index contributed by atoms with van der Waals surface area (Å²) in [4.78, 5) is 14.3. The van der Waals surface area contributed by atoms with Crippen molar-refractivity contribution in [1.82, 2.24) is 9.62 Å². The Hall–Kier alpha value is -1.37. The molecule has 0 radical (unpaired) electrons. The lowest BCUT2D eigenvalue weighted by molar-refractivity contribution is -0.108. The summed E-state index contributed by atoms with van der Waals surface area (Å²) in [6.07, 6.45) is 3.29. The molecule has 1 unspecified atom stereocenters. The van der Waals surface area contributed by atoms with E-state index in [0.29, 0.717) is 18.8 Å². The predicted molar refractivity (Wildman–Crippen MR) is 65.7 cm³/mol. The van der Waals surface area contributed by atoms with E-state index in [1.54, 1.807) is 0 Å². The van der Waals surface area contributed by atoms with Gasteiger partial charge in [0.05, 0.1) is 6.26 Å². The second kappa shape index (κ2) is 5.31. The first kappa shape index (κ1) is 13.7. The van der Waals surface area contributed by atoms with Crippen molar-refractivity contribution in [1.29, 1.82) is 0 Å². The van der Waals surface area contributed by atoms with Crippen LogP contribution in [-0.2, 0) is 14.8 Å². The largest absolute Gasteiger partial charge is 0.314 e. The van der Waals surface area contributed by atoms with Crippen molar-refractivity contribution in [2.75, 3.05) is 12.8 Å². The van der Waals surface area contributed by atoms with Crippen molar-refractivity contribution in [3.8, 4) is 0 Å². The van der Waals surface area contributed by atoms with E-state index in [1.165, 1.54) is 4.31 Å². The Labute approximate surface area is 101 Å². The topological polar surface area (TPSA) is 78.8 Å². The molecule has 0 saturated carbocycles. The average Bonchev–Trinajstić information content (AvgIpc) is 2.19. The van der Waals surface area contributed by atoms with Gasteiger partial charge in [0.2, 0.25) is 16.4 Å². The van der Waals surface area contributed by atoms with Crippen LogP contribution in [0.5, 0.6) is 0 Å². The molecule has 0 spiro atoms. The second-order valence-electron chi connectivity index (χ2n) is 4.06. The molecule has 1 fully saturated rings. The Balaban J connectivity index is 3.04. The SMILES string of the molecule is C=C(N=C1C(C)CCCN1S(C)(=O)=O)NC=O. The van der Waals surface area contributed by atoms with Gasteiger partial charge in [-0.05, 0) is 12.8 Å². The highest BCUT2D eigenvalue weighted by molar-refractivity contribution is 7.88. The first-order valence-electron chi connectivity index (χ1n) is 5.31. The molecule has 1 aliphatic rings. The van der Waals surface area contributed by atoms with Crippen LogP contribution in [0.1, 0.15) is 19.8 Å². The summed E-state index contributed by atoms with van der Waals surface area (Å²) in [5, 5.41) is 2.30. The van der Waals surface area contributed by atoms with Crippen LogP contribution < -0.4 is 5.32 Å². The van der Waals surface area contributed by atoms with E-state index < -0.39 is 10.0 Å². The van der Waals surface area contributed by atoms with Gasteiger partial charge in [0, 0.05) is 12.5 Å². The summed E-state index contributed by atoms with van der Waals surface area (Å²) >= 11 is 0. The molecule has 1 rings (SSSR count). The highest BCUT2D eigenvalue weighted by Crippen LogP contribution is 2.21. The Morgan fingerprint density at radius 3 is 2.82 bits per heavy atom. The molecule has 1 saturated heterocycles. The van der Waals surface area contributed by atoms with Gasteiger partial charge in [-0.1, -0.05) is 13.5 Å². The minimum atomic E-state index is -3.32. The molecule has 1 aliphatic heterocycles. The summed E-state index contributed by atoms with van der Waals surface area (Å²) in [5.41, 5.74) is 0. The number of amidine groups is 1. The molecule has 6 nitrogen and oxygen atoms in total. The normalized spacial score (nSPS) is 23.5. The first-order chi connectivity index (χ1) is 7.86. The molecule has 17 heavy (non-hydrogen) atoms. The fraction of sp³-hybridized carbons (Fsp3) is 0.600. The number of nitrogens with one attached hydrogen (secondary N) is 1. The number of hydrogen-bond acceptors (Lipinski definition) is 4. The van der Waals surface area contributed by atoms with Crippen molar-refractivity contribution in [3.05, 3.63) is 12.4 Å². The molecular formula is C10H17N3O3S. The van der Waals surface area contributed by atoms with E-state index in [1.807, 2.05) is 6.92 Å². The van der Waals surface area contributed by atoms with E-state index in [-0.39, 0.29) is 11.7 Å². The van der Waals surface area contributed by atoms with E-state index in [9.17, 15) is 13.2 Å². The zero-order valence-corrected chi connectivity index (χ0v) is 10.8. The monoisotopic (exact) mass is 259 g/mol. The molecule has 1 amide bonds. The lowest BCUT2D eigenvalue weighted by atomic mass is 10.0. The third-order valence-corrected chi connectivity index (χ3v) is 3.74. The number of sulfonamides is 1. The van der Waals surface area contributed by atoms with E-state index in [0.717, 1.165) is 19.1 Å². The number of aliphatic imine (C=N–C) groups is 1. The maximum absolute atomic E-state index is 11.6. The zero-order valence-electron chi connectivity index (χ0n) is 10.0. The Morgan fingerprint density at radius 2 is 2.29 bits per heavy atom. The molecular weight excluding hydrogens is 242 g/mol. The summed E-state index contributed by atoms with van der Waals surface area (Å²) in [6.45, 7) is 5.87. The quantitative estimate of drug-likeness (QED) is 0.737. The molecule has 0 aromatic rings. The van der Waals surface area contributed by atoms with E-state index >= 15 is 0 Å². The van der Waals surface area contributed by atoms with Crippen molar-refractivity contribution in [2.24, 2.45) is 10.9 Å². The molecule has 0 aromatic carbocycles. The van der Waals surface area contributed by atoms with Crippen molar-refractivity contribution in [3.63, 3.8) is 0 Å². The number of carbonyl (C=O) groups excluding carboxylic acids is 1. The molecule has 0 bridgehead atoms. The number of nitrogens with zero attached hydrogens (tertiary/aromatic N) is 2. The van der Waals surface area contributed by atoms with Gasteiger partial charge in [0.15, 0.2) is 0 Å². The third kappa shape index (κ3) is 3.55. The molecule has 1 heterocycles. The Kier molecular flexibility index (Phi) is 4.28. The third-order valence-electron chi connectivity index (χ3n) is 2.57. The molecule has 0 aliphatic carbocycles. The lowest BCUT2D eigenvalue weighted by Gasteiger charge is -2.32. The fourth-order valence-electron chi connectivity index (χ4n) is 1.77. The summed E-state index contributed by atoms with van der Waals surface area (Å²) in [6, 6.07) is 0. The van der Waals surface area contributed by atoms with E-state index in [2.05, 4.69) is 16.9 Å². The minimum Gasteiger partial charge on any atom is -0.314 e. The van der Waals surface area contributed by atoms with Gasteiger partial charge in [0.25, 0.3) is 0 Å². The predicted octanol–water partition coefficient (Wildman–Crippen LogP) is 0.294. The van der Waals surface area contributed by atoms with Gasteiger partial charge in [-0.2, -0.15) is 0 Å². The highest BCUT2D eigenvalue weighted by atomic mass is 32.2. The number of rotatable bonds is 4. The number of carbonyl (C=O) groups is 1. The summed E-state index contributed by atoms with van der Waals surface area (Å²) in [5.74, 6) is 0.624. The smallest absolute Gasteiger partial charge is 0.233 e. The van der Waals surface area contributed by atoms with Gasteiger partial charge in [-0.15, -0.1) is 0 Å². The molecule has 96 valence electrons. The zero-order chi connectivity index (χ0) is 13.1. The lowest BCUT2D eigenvalue weighted by Crippen LogP contribution is -2.44. The molecule has 1 N–H and O–H groups in total. The van der Waals surface area contributed by atoms with Crippen LogP contribution >= 0.6 is 0 Å². The minimum absolute atomic E-state index is 0.0312. The van der Waals surface area contributed by atoms with E-state index in [4.69, 9.17) is 0 Å². The van der Waals surface area contributed by atoms with Crippen molar-refractivity contribution >= 4 is 22.3 Å². The van der Waals surface area contributed by atoms with Gasteiger partial charge in [-0.25, -0.2) is 13.4 Å². The average molecular weight is 259 g/mol. The summed E-state index contributed by atoms with van der Waals surface area (Å²) in [7, 11) is -3.32. The Bertz CT molecular complexity index is 442. The van der Waals surface area contributed by atoms with Crippen LogP contribution in [-0.4, -0.2) is 37.8 Å². The van der Waals surface area contributed by atoms with Gasteiger partial charge in [-0.3, -0.25) is 9.10 Å². The molecule has 1 atom stereocenters. The number of hydrogen-bond donors (Lipinski definition) is 1. The fourth-order valence-corrected chi connectivity index (χ4v) is 2.79. The van der Waals surface area contributed by atoms with Crippen molar-refractivity contribution in [2.45, 2.75) is 19.8 Å². The van der Waals surface area contributed by atoms with Gasteiger partial charge < -0.3 is 5.32 Å². The highest BCUT2D eigenvalue weighted by Gasteiger charge is 2.29. The van der Waals surface area contributed by atoms with Crippen LogP contribution in [0.2, 0.25) is 0 Å². The first-order valence-corrected chi connectivity index (χ1v) is 7.16.